The molecule has 1 saturated carbocycles. The first-order valence-corrected chi connectivity index (χ1v) is 7.42. The van der Waals surface area contributed by atoms with Crippen molar-refractivity contribution in [1.82, 2.24) is 0 Å². The molecule has 2 rings (SSSR count). The molecule has 1 unspecified atom stereocenters. The van der Waals surface area contributed by atoms with Crippen LogP contribution in [0, 0.1) is 11.8 Å². The van der Waals surface area contributed by atoms with Gasteiger partial charge in [0.05, 0.1) is 0 Å². The van der Waals surface area contributed by atoms with Crippen LogP contribution in [-0.2, 0) is 12.0 Å². The first-order chi connectivity index (χ1) is 8.54. The first kappa shape index (κ1) is 13.6. The minimum Gasteiger partial charge on any atom is -0.321 e. The van der Waals surface area contributed by atoms with Gasteiger partial charge >= 0.3 is 0 Å². The molecular formula is C17H27N. The number of benzene rings is 1. The number of hydrogen-bond donors (Lipinski definition) is 1. The summed E-state index contributed by atoms with van der Waals surface area (Å²) in [6.45, 7) is 6.77. The van der Waals surface area contributed by atoms with Gasteiger partial charge in [0, 0.05) is 5.54 Å². The average molecular weight is 245 g/mol. The van der Waals surface area contributed by atoms with E-state index in [-0.39, 0.29) is 5.54 Å². The van der Waals surface area contributed by atoms with E-state index in [0.717, 1.165) is 12.3 Å². The fourth-order valence-electron chi connectivity index (χ4n) is 3.20. The van der Waals surface area contributed by atoms with Gasteiger partial charge in [-0.15, -0.1) is 0 Å². The molecule has 0 saturated heterocycles. The highest BCUT2D eigenvalue weighted by Crippen LogP contribution is 2.39. The van der Waals surface area contributed by atoms with Gasteiger partial charge in [0.25, 0.3) is 0 Å². The first-order valence-electron chi connectivity index (χ1n) is 7.42. The number of hydrogen-bond acceptors (Lipinski definition) is 1. The van der Waals surface area contributed by atoms with Gasteiger partial charge in [-0.2, -0.15) is 0 Å². The zero-order valence-corrected chi connectivity index (χ0v) is 12.1. The van der Waals surface area contributed by atoms with Crippen LogP contribution in [0.25, 0.3) is 0 Å². The average Bonchev–Trinajstić information content (AvgIpc) is 2.39. The Morgan fingerprint density at radius 3 is 2.17 bits per heavy atom. The number of rotatable bonds is 3. The van der Waals surface area contributed by atoms with Gasteiger partial charge in [-0.1, -0.05) is 51.0 Å². The van der Waals surface area contributed by atoms with Crippen LogP contribution in [0.5, 0.6) is 0 Å². The molecule has 0 spiro atoms. The summed E-state index contributed by atoms with van der Waals surface area (Å²) in [5.41, 5.74) is 9.19. The largest absolute Gasteiger partial charge is 0.321 e. The van der Waals surface area contributed by atoms with E-state index in [1.807, 2.05) is 0 Å². The lowest BCUT2D eigenvalue weighted by atomic mass is 9.70. The van der Waals surface area contributed by atoms with Crippen molar-refractivity contribution in [2.24, 2.45) is 17.6 Å². The lowest BCUT2D eigenvalue weighted by Gasteiger charge is -2.39. The third-order valence-electron chi connectivity index (χ3n) is 4.85. The van der Waals surface area contributed by atoms with Crippen LogP contribution in [0.3, 0.4) is 0 Å². The highest BCUT2D eigenvalue weighted by atomic mass is 14.7. The molecule has 0 aliphatic heterocycles. The third-order valence-corrected chi connectivity index (χ3v) is 4.85. The maximum absolute atomic E-state index is 6.65. The Morgan fingerprint density at radius 2 is 1.67 bits per heavy atom. The molecule has 1 aliphatic rings. The number of nitrogens with two attached hydrogens (primary N) is 1. The van der Waals surface area contributed by atoms with Crippen LogP contribution in [0.2, 0.25) is 0 Å². The summed E-state index contributed by atoms with van der Waals surface area (Å²) in [4.78, 5) is 0. The summed E-state index contributed by atoms with van der Waals surface area (Å²) in [5.74, 6) is 1.53. The molecule has 1 fully saturated rings. The van der Waals surface area contributed by atoms with Crippen molar-refractivity contribution in [3.8, 4) is 0 Å². The van der Waals surface area contributed by atoms with Crippen molar-refractivity contribution < 1.29 is 0 Å². The molecule has 1 atom stereocenters. The molecule has 18 heavy (non-hydrogen) atoms. The van der Waals surface area contributed by atoms with E-state index in [4.69, 9.17) is 5.73 Å². The summed E-state index contributed by atoms with van der Waals surface area (Å²) in [6, 6.07) is 8.92. The predicted molar refractivity (Wildman–Crippen MR) is 78.5 cm³/mol. The molecule has 1 heteroatoms. The van der Waals surface area contributed by atoms with E-state index >= 15 is 0 Å². The summed E-state index contributed by atoms with van der Waals surface area (Å²) >= 11 is 0. The van der Waals surface area contributed by atoms with E-state index in [1.54, 1.807) is 0 Å². The van der Waals surface area contributed by atoms with Gasteiger partial charge in [-0.25, -0.2) is 0 Å². The Hall–Kier alpha value is -0.820. The SMILES string of the molecule is CCc1ccc(C(C)(N)C2CCC(C)CC2)cc1. The van der Waals surface area contributed by atoms with Gasteiger partial charge in [-0.3, -0.25) is 0 Å². The normalized spacial score (nSPS) is 27.8. The molecule has 1 aromatic rings. The quantitative estimate of drug-likeness (QED) is 0.846. The summed E-state index contributed by atoms with van der Waals surface area (Å²) in [7, 11) is 0. The molecular weight excluding hydrogens is 218 g/mol. The molecule has 0 aromatic heterocycles. The topological polar surface area (TPSA) is 26.0 Å². The molecule has 1 aliphatic carbocycles. The van der Waals surface area contributed by atoms with Crippen LogP contribution < -0.4 is 5.73 Å². The van der Waals surface area contributed by atoms with Crippen molar-refractivity contribution in [3.63, 3.8) is 0 Å². The van der Waals surface area contributed by atoms with Crippen molar-refractivity contribution in [2.45, 2.75) is 58.4 Å². The maximum atomic E-state index is 6.65. The third kappa shape index (κ3) is 2.77. The minimum atomic E-state index is -0.160. The van der Waals surface area contributed by atoms with Crippen molar-refractivity contribution in [3.05, 3.63) is 35.4 Å². The fraction of sp³-hybridized carbons (Fsp3) is 0.647. The van der Waals surface area contributed by atoms with Crippen LogP contribution in [0.15, 0.2) is 24.3 Å². The van der Waals surface area contributed by atoms with E-state index in [0.29, 0.717) is 5.92 Å². The zero-order valence-electron chi connectivity index (χ0n) is 12.1. The van der Waals surface area contributed by atoms with Gasteiger partial charge in [0.1, 0.15) is 0 Å². The molecule has 1 aromatic carbocycles. The second-order valence-corrected chi connectivity index (χ2v) is 6.29. The Bertz CT molecular complexity index is 369. The van der Waals surface area contributed by atoms with E-state index in [2.05, 4.69) is 45.0 Å². The van der Waals surface area contributed by atoms with Crippen LogP contribution in [0.4, 0.5) is 0 Å². The maximum Gasteiger partial charge on any atom is 0.0409 e. The van der Waals surface area contributed by atoms with Crippen LogP contribution in [-0.4, -0.2) is 0 Å². The highest BCUT2D eigenvalue weighted by Gasteiger charge is 2.33. The fourth-order valence-corrected chi connectivity index (χ4v) is 3.20. The van der Waals surface area contributed by atoms with Gasteiger partial charge < -0.3 is 5.73 Å². The Morgan fingerprint density at radius 1 is 1.11 bits per heavy atom. The molecule has 0 amide bonds. The van der Waals surface area contributed by atoms with Gasteiger partial charge in [0.15, 0.2) is 0 Å². The predicted octanol–water partition coefficient (Wildman–Crippen LogP) is 4.25. The number of aryl methyl sites for hydroxylation is 1. The van der Waals surface area contributed by atoms with Crippen molar-refractivity contribution >= 4 is 0 Å². The molecule has 0 heterocycles. The van der Waals surface area contributed by atoms with E-state index < -0.39 is 0 Å². The van der Waals surface area contributed by atoms with Gasteiger partial charge in [-0.05, 0) is 49.1 Å². The van der Waals surface area contributed by atoms with Crippen LogP contribution in [0.1, 0.15) is 57.6 Å². The van der Waals surface area contributed by atoms with Crippen molar-refractivity contribution in [2.75, 3.05) is 0 Å². The Labute approximate surface area is 112 Å². The lowest BCUT2D eigenvalue weighted by Crippen LogP contribution is -2.42. The summed E-state index contributed by atoms with van der Waals surface area (Å²) < 4.78 is 0. The van der Waals surface area contributed by atoms with Crippen LogP contribution >= 0.6 is 0 Å². The second kappa shape index (κ2) is 5.44. The lowest BCUT2D eigenvalue weighted by molar-refractivity contribution is 0.193. The van der Waals surface area contributed by atoms with Crippen molar-refractivity contribution in [1.29, 1.82) is 0 Å². The molecule has 1 nitrogen and oxygen atoms in total. The monoisotopic (exact) mass is 245 g/mol. The van der Waals surface area contributed by atoms with Gasteiger partial charge in [0.2, 0.25) is 0 Å². The molecule has 0 bridgehead atoms. The Kier molecular flexibility index (Phi) is 4.11. The highest BCUT2D eigenvalue weighted by molar-refractivity contribution is 5.28. The molecule has 0 radical (unpaired) electrons. The summed E-state index contributed by atoms with van der Waals surface area (Å²) in [5, 5.41) is 0. The van der Waals surface area contributed by atoms with E-state index in [1.165, 1.54) is 36.8 Å². The molecule has 100 valence electrons. The second-order valence-electron chi connectivity index (χ2n) is 6.29. The standard InChI is InChI=1S/C17H27N/c1-4-14-7-11-16(12-8-14)17(3,18)15-9-5-13(2)6-10-15/h7-8,11-13,15H,4-6,9-10,18H2,1-3H3. The summed E-state index contributed by atoms with van der Waals surface area (Å²) in [6.07, 6.45) is 6.34. The minimum absolute atomic E-state index is 0.160. The smallest absolute Gasteiger partial charge is 0.0409 e. The molecule has 2 N–H and O–H groups in total. The van der Waals surface area contributed by atoms with E-state index in [9.17, 15) is 0 Å². The zero-order chi connectivity index (χ0) is 13.2. The Balaban J connectivity index is 2.13.